The molecule has 3 aliphatic heterocycles. The van der Waals surface area contributed by atoms with Gasteiger partial charge in [-0.1, -0.05) is 47.3 Å². The minimum absolute atomic E-state index is 0.0211. The molecule has 1 aromatic rings. The summed E-state index contributed by atoms with van der Waals surface area (Å²) in [7, 11) is 0. The number of nitrogens with zero attached hydrogens (tertiary/aromatic N) is 3. The number of hydrogen-bond donors (Lipinski definition) is 2. The summed E-state index contributed by atoms with van der Waals surface area (Å²) in [4.78, 5) is 28.9. The van der Waals surface area contributed by atoms with Crippen molar-refractivity contribution in [2.75, 3.05) is 32.9 Å². The summed E-state index contributed by atoms with van der Waals surface area (Å²) in [6.45, 7) is 2.89. The number of amides is 1. The lowest BCUT2D eigenvalue weighted by atomic mass is 9.72. The number of halogens is 1. The van der Waals surface area contributed by atoms with Crippen molar-refractivity contribution < 1.29 is 19.4 Å². The van der Waals surface area contributed by atoms with E-state index in [0.717, 1.165) is 30.2 Å². The van der Waals surface area contributed by atoms with E-state index in [0.29, 0.717) is 31.2 Å². The third-order valence-corrected chi connectivity index (χ3v) is 8.33. The lowest BCUT2D eigenvalue weighted by Gasteiger charge is -2.49. The Kier molecular flexibility index (Phi) is 7.35. The SMILES string of the molecule is O=C(NCc1ccc(Cl)cc1)C1=CN2N=C(N3CCOCC3)SC3CC(C#CCO)CC(C1=O)C32. The molecule has 1 amide bonds. The van der Waals surface area contributed by atoms with Crippen molar-refractivity contribution in [3.05, 3.63) is 46.6 Å². The Balaban J connectivity index is 1.42. The van der Waals surface area contributed by atoms with Crippen molar-refractivity contribution >= 4 is 40.2 Å². The molecule has 1 saturated heterocycles. The number of amidine groups is 1. The molecule has 4 aliphatic rings. The van der Waals surface area contributed by atoms with Crippen LogP contribution in [0.2, 0.25) is 5.02 Å². The molecule has 3 heterocycles. The molecule has 0 spiro atoms. The molecule has 1 aliphatic carbocycles. The zero-order valence-electron chi connectivity index (χ0n) is 19.2. The van der Waals surface area contributed by atoms with Gasteiger partial charge in [0.25, 0.3) is 5.91 Å². The first-order valence-corrected chi connectivity index (χ1v) is 13.0. The number of hydrazone groups is 1. The lowest BCUT2D eigenvalue weighted by molar-refractivity contribution is -0.128. The summed E-state index contributed by atoms with van der Waals surface area (Å²) in [5.41, 5.74) is 1.01. The van der Waals surface area contributed by atoms with E-state index in [4.69, 9.17) is 21.4 Å². The first-order chi connectivity index (χ1) is 17.0. The predicted octanol–water partition coefficient (Wildman–Crippen LogP) is 1.83. The molecule has 4 unspecified atom stereocenters. The fourth-order valence-electron chi connectivity index (χ4n) is 5.04. The largest absolute Gasteiger partial charge is 0.384 e. The van der Waals surface area contributed by atoms with Crippen molar-refractivity contribution in [2.45, 2.75) is 30.7 Å². The molecule has 1 saturated carbocycles. The monoisotopic (exact) mass is 514 g/mol. The van der Waals surface area contributed by atoms with Crippen LogP contribution in [0.15, 0.2) is 41.1 Å². The van der Waals surface area contributed by atoms with Crippen molar-refractivity contribution in [2.24, 2.45) is 16.9 Å². The molecule has 8 nitrogen and oxygen atoms in total. The van der Waals surface area contributed by atoms with Crippen LogP contribution in [-0.4, -0.2) is 76.1 Å². The van der Waals surface area contributed by atoms with Gasteiger partial charge in [0.05, 0.1) is 19.3 Å². The van der Waals surface area contributed by atoms with Gasteiger partial charge in [-0.2, -0.15) is 0 Å². The van der Waals surface area contributed by atoms with Gasteiger partial charge in [0, 0.05) is 47.9 Å². The van der Waals surface area contributed by atoms with Crippen molar-refractivity contribution in [3.63, 3.8) is 0 Å². The number of aliphatic hydroxyl groups is 1. The maximum Gasteiger partial charge on any atom is 0.256 e. The maximum atomic E-state index is 13.5. The van der Waals surface area contributed by atoms with Gasteiger partial charge in [-0.15, -0.1) is 5.10 Å². The highest BCUT2D eigenvalue weighted by Gasteiger charge is 2.51. The number of hydrogen-bond acceptors (Lipinski definition) is 8. The number of Topliss-reactive ketones (excluding diaryl/α,β-unsaturated/α-hetero) is 1. The van der Waals surface area contributed by atoms with Crippen LogP contribution in [0.25, 0.3) is 0 Å². The van der Waals surface area contributed by atoms with Gasteiger partial charge >= 0.3 is 0 Å². The fourth-order valence-corrected chi connectivity index (χ4v) is 6.69. The Morgan fingerprint density at radius 2 is 2.03 bits per heavy atom. The van der Waals surface area contributed by atoms with E-state index in [9.17, 15) is 14.7 Å². The first kappa shape index (κ1) is 24.2. The highest BCUT2D eigenvalue weighted by molar-refractivity contribution is 8.14. The minimum Gasteiger partial charge on any atom is -0.384 e. The molecule has 0 aromatic heterocycles. The van der Waals surface area contributed by atoms with Gasteiger partial charge in [0.15, 0.2) is 11.0 Å². The standard InChI is InChI=1S/C25H27ClN4O4S/c26-18-5-3-16(4-6-18)14-27-24(33)20-15-30-22-19(23(20)32)12-17(2-1-9-31)13-21(22)35-25(28-30)29-7-10-34-11-8-29/h3-6,15,17,19,21-22,31H,7-14H2,(H,27,33). The van der Waals surface area contributed by atoms with E-state index >= 15 is 0 Å². The third-order valence-electron chi connectivity index (χ3n) is 6.75. The first-order valence-electron chi connectivity index (χ1n) is 11.8. The van der Waals surface area contributed by atoms with Gasteiger partial charge in [0.1, 0.15) is 12.2 Å². The summed E-state index contributed by atoms with van der Waals surface area (Å²) in [6.07, 6.45) is 2.97. The van der Waals surface area contributed by atoms with Crippen LogP contribution in [0.1, 0.15) is 18.4 Å². The number of rotatable bonds is 3. The quantitative estimate of drug-likeness (QED) is 0.469. The Bertz CT molecular complexity index is 1110. The van der Waals surface area contributed by atoms with Crippen LogP contribution in [0.4, 0.5) is 0 Å². The van der Waals surface area contributed by atoms with E-state index < -0.39 is 5.91 Å². The summed E-state index contributed by atoms with van der Waals surface area (Å²) >= 11 is 7.64. The topological polar surface area (TPSA) is 94.5 Å². The second kappa shape index (κ2) is 10.6. The number of morpholine rings is 1. The van der Waals surface area contributed by atoms with E-state index in [1.807, 2.05) is 17.1 Å². The number of aliphatic hydroxyl groups excluding tert-OH is 1. The number of benzene rings is 1. The molecule has 184 valence electrons. The molecule has 35 heavy (non-hydrogen) atoms. The summed E-state index contributed by atoms with van der Waals surface area (Å²) in [6, 6.07) is 7.10. The van der Waals surface area contributed by atoms with Crippen molar-refractivity contribution in [3.8, 4) is 11.8 Å². The molecule has 2 N–H and O–H groups in total. The molecule has 2 fully saturated rings. The van der Waals surface area contributed by atoms with E-state index in [2.05, 4.69) is 22.1 Å². The zero-order valence-corrected chi connectivity index (χ0v) is 20.7. The fraction of sp³-hybridized carbons (Fsp3) is 0.480. The van der Waals surface area contributed by atoms with Crippen LogP contribution in [0.3, 0.4) is 0 Å². The Morgan fingerprint density at radius 3 is 2.77 bits per heavy atom. The highest BCUT2D eigenvalue weighted by atomic mass is 35.5. The summed E-state index contributed by atoms with van der Waals surface area (Å²) in [5.74, 6) is 4.92. The molecular weight excluding hydrogens is 488 g/mol. The lowest BCUT2D eigenvalue weighted by Crippen LogP contribution is -2.57. The predicted molar refractivity (Wildman–Crippen MR) is 134 cm³/mol. The molecule has 1 aromatic carbocycles. The number of thioether (sulfide) groups is 1. The molecule has 5 rings (SSSR count). The number of nitrogens with one attached hydrogen (secondary N) is 1. The Hall–Kier alpha value is -2.51. The van der Waals surface area contributed by atoms with Gasteiger partial charge in [-0.3, -0.25) is 14.6 Å². The van der Waals surface area contributed by atoms with E-state index in [1.54, 1.807) is 30.1 Å². The second-order valence-electron chi connectivity index (χ2n) is 8.98. The summed E-state index contributed by atoms with van der Waals surface area (Å²) in [5, 5.41) is 20.4. The maximum absolute atomic E-state index is 13.5. The van der Waals surface area contributed by atoms with Gasteiger partial charge < -0.3 is 20.1 Å². The highest BCUT2D eigenvalue weighted by Crippen LogP contribution is 2.45. The van der Waals surface area contributed by atoms with Gasteiger partial charge in [0.2, 0.25) is 0 Å². The van der Waals surface area contributed by atoms with Crippen LogP contribution in [-0.2, 0) is 20.9 Å². The van der Waals surface area contributed by atoms with Crippen molar-refractivity contribution in [1.29, 1.82) is 0 Å². The van der Waals surface area contributed by atoms with Crippen LogP contribution in [0, 0.1) is 23.7 Å². The second-order valence-corrected chi connectivity index (χ2v) is 10.6. The number of ketones is 1. The normalized spacial score (nSPS) is 27.8. The van der Waals surface area contributed by atoms with E-state index in [-0.39, 0.29) is 41.1 Å². The molecule has 10 heteroatoms. The average Bonchev–Trinajstić information content (AvgIpc) is 2.89. The third kappa shape index (κ3) is 5.21. The Morgan fingerprint density at radius 1 is 1.26 bits per heavy atom. The van der Waals surface area contributed by atoms with Gasteiger partial charge in [-0.25, -0.2) is 0 Å². The van der Waals surface area contributed by atoms with Crippen LogP contribution < -0.4 is 5.32 Å². The van der Waals surface area contributed by atoms with Crippen LogP contribution in [0.5, 0.6) is 0 Å². The van der Waals surface area contributed by atoms with E-state index in [1.165, 1.54) is 0 Å². The Labute approximate surface area is 213 Å². The zero-order chi connectivity index (χ0) is 24.4. The molecule has 0 radical (unpaired) electrons. The number of carbonyl (C=O) groups is 2. The number of ether oxygens (including phenoxy) is 1. The van der Waals surface area contributed by atoms with Crippen LogP contribution >= 0.6 is 23.4 Å². The molecule has 4 atom stereocenters. The average molecular weight is 515 g/mol. The molecule has 0 bridgehead atoms. The number of carbonyl (C=O) groups excluding carboxylic acids is 2. The smallest absolute Gasteiger partial charge is 0.256 e. The van der Waals surface area contributed by atoms with Gasteiger partial charge in [-0.05, 0) is 30.5 Å². The minimum atomic E-state index is -0.412. The molecular formula is C25H27ClN4O4S. The van der Waals surface area contributed by atoms with Crippen molar-refractivity contribution in [1.82, 2.24) is 15.2 Å². The summed E-state index contributed by atoms with van der Waals surface area (Å²) < 4.78 is 5.49.